The van der Waals surface area contributed by atoms with Crippen LogP contribution in [-0.4, -0.2) is 9.55 Å². The highest BCUT2D eigenvalue weighted by molar-refractivity contribution is 5.81. The third kappa shape index (κ3) is 2.32. The Morgan fingerprint density at radius 2 is 1.48 bits per heavy atom. The van der Waals surface area contributed by atoms with Gasteiger partial charge >= 0.3 is 0 Å². The van der Waals surface area contributed by atoms with Crippen LogP contribution in [0.1, 0.15) is 0 Å². The van der Waals surface area contributed by atoms with Crippen LogP contribution in [0.2, 0.25) is 0 Å². The molecule has 2 heterocycles. The highest BCUT2D eigenvalue weighted by Gasteiger charge is 2.12. The van der Waals surface area contributed by atoms with Crippen molar-refractivity contribution in [2.45, 2.75) is 0 Å². The lowest BCUT2D eigenvalue weighted by atomic mass is 10.1. The van der Waals surface area contributed by atoms with Crippen molar-refractivity contribution in [2.24, 2.45) is 0 Å². The number of aromatic nitrogens is 2. The van der Waals surface area contributed by atoms with Crippen LogP contribution in [0.25, 0.3) is 28.0 Å². The number of hydrogen-bond acceptors (Lipinski definition) is 2. The lowest BCUT2D eigenvalue weighted by Gasteiger charge is -2.16. The first kappa shape index (κ1) is 13.5. The van der Waals surface area contributed by atoms with E-state index >= 15 is 0 Å². The van der Waals surface area contributed by atoms with Gasteiger partial charge in [0.15, 0.2) is 5.43 Å². The van der Waals surface area contributed by atoms with Gasteiger partial charge in [-0.05, 0) is 29.8 Å². The molecule has 4 rings (SSSR count). The summed E-state index contributed by atoms with van der Waals surface area (Å²) in [6, 6.07) is 25.2. The molecule has 4 aromatic rings. The fourth-order valence-corrected chi connectivity index (χ4v) is 2.81. The number of nitrogens with zero attached hydrogens (tertiary/aromatic N) is 2. The topological polar surface area (TPSA) is 34.9 Å². The molecule has 110 valence electrons. The van der Waals surface area contributed by atoms with Gasteiger partial charge in [-0.3, -0.25) is 9.36 Å². The van der Waals surface area contributed by atoms with Crippen molar-refractivity contribution >= 4 is 11.0 Å². The van der Waals surface area contributed by atoms with Gasteiger partial charge in [0.25, 0.3) is 0 Å². The molecule has 2 aromatic carbocycles. The Bertz CT molecular complexity index is 1020. The van der Waals surface area contributed by atoms with Crippen LogP contribution in [0, 0.1) is 0 Å². The first-order valence-electron chi connectivity index (χ1n) is 7.46. The molecule has 0 aliphatic rings. The van der Waals surface area contributed by atoms with Gasteiger partial charge in [-0.25, -0.2) is 4.98 Å². The summed E-state index contributed by atoms with van der Waals surface area (Å²) >= 11 is 0. The van der Waals surface area contributed by atoms with Crippen LogP contribution in [0.15, 0.2) is 89.9 Å². The van der Waals surface area contributed by atoms with E-state index in [4.69, 9.17) is 0 Å². The van der Waals surface area contributed by atoms with Crippen molar-refractivity contribution in [3.05, 3.63) is 95.3 Å². The predicted octanol–water partition coefficient (Wildman–Crippen LogP) is 4.05. The van der Waals surface area contributed by atoms with Crippen molar-refractivity contribution in [1.82, 2.24) is 9.55 Å². The summed E-state index contributed by atoms with van der Waals surface area (Å²) in [5, 5.41) is 0.621. The largest absolute Gasteiger partial charge is 0.294 e. The zero-order chi connectivity index (χ0) is 15.6. The highest BCUT2D eigenvalue weighted by Crippen LogP contribution is 2.25. The van der Waals surface area contributed by atoms with Crippen LogP contribution in [0.5, 0.6) is 0 Å². The maximum Gasteiger partial charge on any atom is 0.191 e. The van der Waals surface area contributed by atoms with Crippen LogP contribution in [-0.2, 0) is 0 Å². The van der Waals surface area contributed by atoms with Gasteiger partial charge in [0.1, 0.15) is 5.65 Å². The molecule has 0 bridgehead atoms. The van der Waals surface area contributed by atoms with E-state index in [-0.39, 0.29) is 5.43 Å². The lowest BCUT2D eigenvalue weighted by molar-refractivity contribution is 1.07. The lowest BCUT2D eigenvalue weighted by Crippen LogP contribution is -2.11. The van der Waals surface area contributed by atoms with E-state index < -0.39 is 0 Å². The second kappa shape index (κ2) is 5.54. The summed E-state index contributed by atoms with van der Waals surface area (Å²) in [4.78, 5) is 17.0. The molecular formula is C20H14N2O. The number of rotatable bonds is 2. The van der Waals surface area contributed by atoms with E-state index in [0.717, 1.165) is 16.9 Å². The van der Waals surface area contributed by atoms with Gasteiger partial charge in [0.2, 0.25) is 0 Å². The fourth-order valence-electron chi connectivity index (χ4n) is 2.81. The zero-order valence-corrected chi connectivity index (χ0v) is 12.4. The summed E-state index contributed by atoms with van der Waals surface area (Å²) < 4.78 is 2.03. The van der Waals surface area contributed by atoms with Crippen molar-refractivity contribution in [1.29, 1.82) is 0 Å². The van der Waals surface area contributed by atoms with Gasteiger partial charge in [-0.2, -0.15) is 0 Å². The Kier molecular flexibility index (Phi) is 3.24. The maximum atomic E-state index is 12.5. The average Bonchev–Trinajstić information content (AvgIpc) is 2.63. The molecule has 0 unspecified atom stereocenters. The van der Waals surface area contributed by atoms with Crippen molar-refractivity contribution in [3.8, 4) is 16.9 Å². The Morgan fingerprint density at radius 1 is 0.783 bits per heavy atom. The summed E-state index contributed by atoms with van der Waals surface area (Å²) in [7, 11) is 0. The number of hydrogen-bond donors (Lipinski definition) is 0. The monoisotopic (exact) mass is 298 g/mol. The minimum Gasteiger partial charge on any atom is -0.294 e. The highest BCUT2D eigenvalue weighted by atomic mass is 16.1. The number of benzene rings is 2. The average molecular weight is 298 g/mol. The quantitative estimate of drug-likeness (QED) is 0.559. The molecule has 2 aromatic heterocycles. The van der Waals surface area contributed by atoms with E-state index in [2.05, 4.69) is 4.98 Å². The molecule has 0 amide bonds. The maximum absolute atomic E-state index is 12.5. The molecule has 3 heteroatoms. The van der Waals surface area contributed by atoms with E-state index in [1.54, 1.807) is 18.3 Å². The Labute approximate surface area is 133 Å². The van der Waals surface area contributed by atoms with Crippen molar-refractivity contribution in [3.63, 3.8) is 0 Å². The molecule has 0 atom stereocenters. The van der Waals surface area contributed by atoms with Crippen LogP contribution in [0.3, 0.4) is 0 Å². The molecule has 0 N–H and O–H groups in total. The molecule has 0 radical (unpaired) electrons. The molecule has 0 spiro atoms. The Morgan fingerprint density at radius 3 is 2.22 bits per heavy atom. The SMILES string of the molecule is O=c1cc(-c2ccccc2)n(-c2ccccc2)c2ncccc12. The van der Waals surface area contributed by atoms with Crippen LogP contribution < -0.4 is 5.43 Å². The second-order valence-corrected chi connectivity index (χ2v) is 5.31. The molecule has 0 aliphatic heterocycles. The molecule has 0 saturated carbocycles. The number of para-hydroxylation sites is 1. The Balaban J connectivity index is 2.16. The number of fused-ring (bicyclic) bond motifs is 1. The first-order chi connectivity index (χ1) is 11.3. The van der Waals surface area contributed by atoms with Gasteiger partial charge < -0.3 is 0 Å². The first-order valence-corrected chi connectivity index (χ1v) is 7.46. The Hall–Kier alpha value is -3.20. The van der Waals surface area contributed by atoms with E-state index in [9.17, 15) is 4.79 Å². The van der Waals surface area contributed by atoms with E-state index in [1.165, 1.54) is 0 Å². The standard InChI is InChI=1S/C20H14N2O/c23-19-14-18(15-8-3-1-4-9-15)22(16-10-5-2-6-11-16)20-17(19)12-7-13-21-20/h1-14H. The molecule has 0 aliphatic carbocycles. The predicted molar refractivity (Wildman–Crippen MR) is 92.8 cm³/mol. The summed E-state index contributed by atoms with van der Waals surface area (Å²) in [5.41, 5.74) is 3.47. The molecule has 3 nitrogen and oxygen atoms in total. The van der Waals surface area contributed by atoms with Crippen molar-refractivity contribution in [2.75, 3.05) is 0 Å². The van der Waals surface area contributed by atoms with Crippen molar-refractivity contribution < 1.29 is 0 Å². The van der Waals surface area contributed by atoms with Gasteiger partial charge in [-0.15, -0.1) is 0 Å². The van der Waals surface area contributed by atoms with Crippen LogP contribution in [0.4, 0.5) is 0 Å². The second-order valence-electron chi connectivity index (χ2n) is 5.31. The molecule has 0 saturated heterocycles. The normalized spacial score (nSPS) is 10.8. The van der Waals surface area contributed by atoms with Crippen LogP contribution >= 0.6 is 0 Å². The smallest absolute Gasteiger partial charge is 0.191 e. The number of pyridine rings is 2. The molecule has 0 fully saturated rings. The minimum absolute atomic E-state index is 0.0147. The van der Waals surface area contributed by atoms with Gasteiger partial charge in [0.05, 0.1) is 11.1 Å². The zero-order valence-electron chi connectivity index (χ0n) is 12.4. The van der Waals surface area contributed by atoms with Gasteiger partial charge in [0, 0.05) is 18.0 Å². The molecular weight excluding hydrogens is 284 g/mol. The third-order valence-corrected chi connectivity index (χ3v) is 3.86. The van der Waals surface area contributed by atoms with E-state index in [0.29, 0.717) is 11.0 Å². The molecule has 23 heavy (non-hydrogen) atoms. The summed E-state index contributed by atoms with van der Waals surface area (Å²) in [6.07, 6.45) is 1.72. The third-order valence-electron chi connectivity index (χ3n) is 3.86. The fraction of sp³-hybridized carbons (Fsp3) is 0. The summed E-state index contributed by atoms with van der Waals surface area (Å²) in [6.45, 7) is 0. The van der Waals surface area contributed by atoms with Gasteiger partial charge in [-0.1, -0.05) is 48.5 Å². The minimum atomic E-state index is -0.0147. The van der Waals surface area contributed by atoms with E-state index in [1.807, 2.05) is 71.3 Å². The summed E-state index contributed by atoms with van der Waals surface area (Å²) in [5.74, 6) is 0.